The van der Waals surface area contributed by atoms with E-state index in [1.165, 1.54) is 18.4 Å². The molecule has 0 spiro atoms. The van der Waals surface area contributed by atoms with E-state index in [0.717, 1.165) is 19.4 Å². The molecule has 1 atom stereocenters. The number of hydrogen-bond acceptors (Lipinski definition) is 3. The minimum atomic E-state index is -0.781. The lowest BCUT2D eigenvalue weighted by molar-refractivity contribution is -0.135. The van der Waals surface area contributed by atoms with Crippen molar-refractivity contribution in [2.75, 3.05) is 20.2 Å². The second-order valence-electron chi connectivity index (χ2n) is 4.82. The molecule has 1 aromatic carbocycles. The molecule has 120 valence electrons. The summed E-state index contributed by atoms with van der Waals surface area (Å²) in [5, 5.41) is 11.0. The summed E-state index contributed by atoms with van der Waals surface area (Å²) < 4.78 is 5.29. The number of carboxylic acids is 1. The normalized spacial score (nSPS) is 11.4. The number of carbonyl (C=O) groups is 1. The predicted octanol–water partition coefficient (Wildman–Crippen LogP) is 3.63. The molecule has 21 heavy (non-hydrogen) atoms. The van der Waals surface area contributed by atoms with E-state index in [-0.39, 0.29) is 12.6 Å². The Bertz CT molecular complexity index is 350. The lowest BCUT2D eigenvalue weighted by Gasteiger charge is -2.12. The number of nitrogens with one attached hydrogen (secondary N) is 1. The van der Waals surface area contributed by atoms with Crippen molar-refractivity contribution in [3.8, 4) is 0 Å². The number of hydrogen-bond donors (Lipinski definition) is 2. The summed E-state index contributed by atoms with van der Waals surface area (Å²) in [6, 6.07) is 10.3. The van der Waals surface area contributed by atoms with Crippen molar-refractivity contribution >= 4 is 5.97 Å². The van der Waals surface area contributed by atoms with Crippen LogP contribution in [0, 0.1) is 0 Å². The van der Waals surface area contributed by atoms with E-state index in [9.17, 15) is 4.79 Å². The number of carboxylic acid groups (broad SMARTS) is 1. The fourth-order valence-electron chi connectivity index (χ4n) is 1.90. The van der Waals surface area contributed by atoms with E-state index in [4.69, 9.17) is 9.84 Å². The first-order chi connectivity index (χ1) is 10.2. The van der Waals surface area contributed by atoms with Crippen LogP contribution in [-0.2, 0) is 9.53 Å². The van der Waals surface area contributed by atoms with Gasteiger partial charge in [-0.25, -0.2) is 0 Å². The van der Waals surface area contributed by atoms with Gasteiger partial charge >= 0.3 is 5.97 Å². The van der Waals surface area contributed by atoms with Crippen LogP contribution >= 0.6 is 0 Å². The zero-order valence-corrected chi connectivity index (χ0v) is 13.5. The van der Waals surface area contributed by atoms with E-state index in [1.807, 2.05) is 18.2 Å². The average molecular weight is 295 g/mol. The lowest BCUT2D eigenvalue weighted by atomic mass is 10.1. The van der Waals surface area contributed by atoms with Crippen molar-refractivity contribution in [3.05, 3.63) is 35.9 Å². The summed E-state index contributed by atoms with van der Waals surface area (Å²) in [4.78, 5) is 9.97. The molecule has 0 aliphatic heterocycles. The number of aliphatic carboxylic acids is 1. The molecule has 0 heterocycles. The van der Waals surface area contributed by atoms with E-state index in [1.54, 1.807) is 7.11 Å². The zero-order valence-electron chi connectivity index (χ0n) is 13.5. The Morgan fingerprint density at radius 3 is 2.38 bits per heavy atom. The van der Waals surface area contributed by atoms with Gasteiger partial charge in [-0.05, 0) is 24.9 Å². The molecular weight excluding hydrogens is 266 g/mol. The van der Waals surface area contributed by atoms with E-state index in [2.05, 4.69) is 31.3 Å². The highest BCUT2D eigenvalue weighted by Gasteiger charge is 2.04. The van der Waals surface area contributed by atoms with E-state index < -0.39 is 5.97 Å². The Morgan fingerprint density at radius 1 is 1.24 bits per heavy atom. The summed E-state index contributed by atoms with van der Waals surface area (Å²) in [6.07, 6.45) is 4.71. The van der Waals surface area contributed by atoms with Crippen molar-refractivity contribution < 1.29 is 14.6 Å². The maximum atomic E-state index is 9.97. The fourth-order valence-corrected chi connectivity index (χ4v) is 1.90. The number of ether oxygens (including phenoxy) is 1. The molecule has 0 fully saturated rings. The largest absolute Gasteiger partial charge is 0.480 e. The molecular formula is C17H29NO3. The molecule has 0 bridgehead atoms. The first-order valence-electron chi connectivity index (χ1n) is 7.65. The summed E-state index contributed by atoms with van der Waals surface area (Å²) >= 11 is 0. The van der Waals surface area contributed by atoms with Crippen LogP contribution < -0.4 is 5.32 Å². The molecule has 1 rings (SSSR count). The third-order valence-electron chi connectivity index (χ3n) is 3.06. The molecule has 0 amide bonds. The van der Waals surface area contributed by atoms with Crippen LogP contribution in [0.4, 0.5) is 0 Å². The maximum absolute atomic E-state index is 9.97. The quantitative estimate of drug-likeness (QED) is 0.683. The molecule has 0 aromatic heterocycles. The molecule has 1 unspecified atom stereocenters. The van der Waals surface area contributed by atoms with Gasteiger partial charge in [0.25, 0.3) is 0 Å². The van der Waals surface area contributed by atoms with Gasteiger partial charge in [-0.15, -0.1) is 0 Å². The van der Waals surface area contributed by atoms with Gasteiger partial charge in [0.1, 0.15) is 0 Å². The number of unbranched alkanes of at least 4 members (excludes halogenated alkanes) is 2. The molecule has 0 aliphatic carbocycles. The molecule has 4 heteroatoms. The second kappa shape index (κ2) is 13.6. The van der Waals surface area contributed by atoms with Gasteiger partial charge in [0, 0.05) is 7.11 Å². The number of benzene rings is 1. The second-order valence-corrected chi connectivity index (χ2v) is 4.82. The van der Waals surface area contributed by atoms with Gasteiger partial charge < -0.3 is 15.2 Å². The van der Waals surface area contributed by atoms with Crippen LogP contribution in [-0.4, -0.2) is 31.3 Å². The SMILES string of the molecule is CCC(OC)c1ccccc1.CCCCCNCC(=O)O. The summed E-state index contributed by atoms with van der Waals surface area (Å²) in [6.45, 7) is 5.15. The van der Waals surface area contributed by atoms with Crippen LogP contribution in [0.1, 0.15) is 51.2 Å². The highest BCUT2D eigenvalue weighted by atomic mass is 16.5. The van der Waals surface area contributed by atoms with Crippen molar-refractivity contribution in [2.24, 2.45) is 0 Å². The van der Waals surface area contributed by atoms with Gasteiger partial charge in [0.2, 0.25) is 0 Å². The first-order valence-corrected chi connectivity index (χ1v) is 7.65. The predicted molar refractivity (Wildman–Crippen MR) is 86.5 cm³/mol. The fraction of sp³-hybridized carbons (Fsp3) is 0.588. The highest BCUT2D eigenvalue weighted by molar-refractivity contribution is 5.68. The van der Waals surface area contributed by atoms with Crippen LogP contribution in [0.3, 0.4) is 0 Å². The minimum absolute atomic E-state index is 0.0870. The molecule has 1 aromatic rings. The van der Waals surface area contributed by atoms with Gasteiger partial charge in [0.15, 0.2) is 0 Å². The molecule has 0 saturated heterocycles. The summed E-state index contributed by atoms with van der Waals surface area (Å²) in [5.74, 6) is -0.781. The minimum Gasteiger partial charge on any atom is -0.480 e. The Balaban J connectivity index is 0.000000384. The van der Waals surface area contributed by atoms with Crippen molar-refractivity contribution in [3.63, 3.8) is 0 Å². The molecule has 0 radical (unpaired) electrons. The summed E-state index contributed by atoms with van der Waals surface area (Å²) in [7, 11) is 1.75. The van der Waals surface area contributed by atoms with E-state index in [0.29, 0.717) is 0 Å². The average Bonchev–Trinajstić information content (AvgIpc) is 2.50. The molecule has 4 nitrogen and oxygen atoms in total. The van der Waals surface area contributed by atoms with Crippen molar-refractivity contribution in [1.29, 1.82) is 0 Å². The van der Waals surface area contributed by atoms with Crippen LogP contribution in [0.2, 0.25) is 0 Å². The summed E-state index contributed by atoms with van der Waals surface area (Å²) in [5.41, 5.74) is 1.26. The smallest absolute Gasteiger partial charge is 0.317 e. The van der Waals surface area contributed by atoms with Gasteiger partial charge in [-0.2, -0.15) is 0 Å². The Morgan fingerprint density at radius 2 is 1.90 bits per heavy atom. The maximum Gasteiger partial charge on any atom is 0.317 e. The highest BCUT2D eigenvalue weighted by Crippen LogP contribution is 2.18. The number of rotatable bonds is 9. The van der Waals surface area contributed by atoms with E-state index >= 15 is 0 Å². The number of methoxy groups -OCH3 is 1. The van der Waals surface area contributed by atoms with Gasteiger partial charge in [0.05, 0.1) is 12.6 Å². The molecule has 0 saturated carbocycles. The molecule has 0 aliphatic rings. The van der Waals surface area contributed by atoms with Crippen LogP contribution in [0.5, 0.6) is 0 Å². The Labute approximate surface area is 128 Å². The Hall–Kier alpha value is -1.39. The standard InChI is InChI=1S/C10H14O.C7H15NO2/c1-3-10(11-2)9-7-5-4-6-8-9;1-2-3-4-5-8-6-7(9)10/h4-8,10H,3H2,1-2H3;8H,2-6H2,1H3,(H,9,10). The monoisotopic (exact) mass is 295 g/mol. The third kappa shape index (κ3) is 11.0. The van der Waals surface area contributed by atoms with Crippen molar-refractivity contribution in [2.45, 2.75) is 45.6 Å². The lowest BCUT2D eigenvalue weighted by Crippen LogP contribution is -2.23. The third-order valence-corrected chi connectivity index (χ3v) is 3.06. The van der Waals surface area contributed by atoms with Crippen molar-refractivity contribution in [1.82, 2.24) is 5.32 Å². The first kappa shape index (κ1) is 19.6. The molecule has 2 N–H and O–H groups in total. The van der Waals surface area contributed by atoms with Gasteiger partial charge in [-0.3, -0.25) is 4.79 Å². The zero-order chi connectivity index (χ0) is 15.9. The topological polar surface area (TPSA) is 58.6 Å². The van der Waals surface area contributed by atoms with Crippen LogP contribution in [0.25, 0.3) is 0 Å². The Kier molecular flexibility index (Phi) is 12.7. The van der Waals surface area contributed by atoms with Gasteiger partial charge in [-0.1, -0.05) is 57.0 Å². The van der Waals surface area contributed by atoms with Crippen LogP contribution in [0.15, 0.2) is 30.3 Å².